The molecule has 8 heteroatoms. The van der Waals surface area contributed by atoms with Crippen LogP contribution in [0.1, 0.15) is 5.82 Å². The predicted molar refractivity (Wildman–Crippen MR) is 51.9 cm³/mol. The zero-order valence-electron chi connectivity index (χ0n) is 8.39. The van der Waals surface area contributed by atoms with E-state index in [9.17, 15) is 13.2 Å². The van der Waals surface area contributed by atoms with Crippen LogP contribution in [-0.2, 0) is 15.7 Å². The molecule has 1 aliphatic rings. The van der Waals surface area contributed by atoms with Crippen molar-refractivity contribution in [3.63, 3.8) is 0 Å². The van der Waals surface area contributed by atoms with E-state index < -0.39 is 12.0 Å². The second-order valence-electron chi connectivity index (χ2n) is 2.62. The van der Waals surface area contributed by atoms with Gasteiger partial charge in [0.1, 0.15) is 30.9 Å². The fourth-order valence-corrected chi connectivity index (χ4v) is 0.728. The van der Waals surface area contributed by atoms with E-state index in [4.69, 9.17) is 5.73 Å². The van der Waals surface area contributed by atoms with Crippen molar-refractivity contribution in [3.8, 4) is 0 Å². The standard InChI is InChI=1S/C5H4F3N3.C4H4O2/c6-5(7,8)4-10-2-1-3(9)11-4;1-2-6-4-3-5-1/h1-2H,(H2,9,10,11);1-4H. The molecule has 2 heterocycles. The van der Waals surface area contributed by atoms with Crippen LogP contribution in [0.15, 0.2) is 37.3 Å². The van der Waals surface area contributed by atoms with Gasteiger partial charge in [0.15, 0.2) is 0 Å². The summed E-state index contributed by atoms with van der Waals surface area (Å²) in [5.74, 6) is -1.40. The molecule has 1 aromatic heterocycles. The van der Waals surface area contributed by atoms with Gasteiger partial charge in [0.2, 0.25) is 5.82 Å². The maximum Gasteiger partial charge on any atom is 0.451 e. The minimum Gasteiger partial charge on any atom is -0.466 e. The molecule has 0 aliphatic carbocycles. The van der Waals surface area contributed by atoms with Crippen molar-refractivity contribution in [3.05, 3.63) is 43.1 Å². The van der Waals surface area contributed by atoms with E-state index in [2.05, 4.69) is 19.4 Å². The molecule has 0 atom stereocenters. The lowest BCUT2D eigenvalue weighted by Crippen LogP contribution is -2.11. The van der Waals surface area contributed by atoms with E-state index in [1.54, 1.807) is 0 Å². The molecule has 2 N–H and O–H groups in total. The van der Waals surface area contributed by atoms with Gasteiger partial charge in [-0.3, -0.25) is 0 Å². The summed E-state index contributed by atoms with van der Waals surface area (Å²) in [5.41, 5.74) is 5.00. The molecule has 17 heavy (non-hydrogen) atoms. The number of hydrogen-bond donors (Lipinski definition) is 1. The highest BCUT2D eigenvalue weighted by atomic mass is 19.4. The summed E-state index contributed by atoms with van der Waals surface area (Å²) in [5, 5.41) is 0. The zero-order chi connectivity index (χ0) is 12.7. The van der Waals surface area contributed by atoms with Gasteiger partial charge in [0, 0.05) is 6.20 Å². The van der Waals surface area contributed by atoms with Crippen LogP contribution in [0.25, 0.3) is 0 Å². The van der Waals surface area contributed by atoms with Crippen LogP contribution in [-0.4, -0.2) is 9.97 Å². The van der Waals surface area contributed by atoms with Crippen molar-refractivity contribution in [1.82, 2.24) is 9.97 Å². The van der Waals surface area contributed by atoms with Crippen LogP contribution in [0, 0.1) is 0 Å². The highest BCUT2D eigenvalue weighted by Crippen LogP contribution is 2.25. The second kappa shape index (κ2) is 5.73. The number of halogens is 3. The Morgan fingerprint density at radius 3 is 1.88 bits per heavy atom. The Morgan fingerprint density at radius 2 is 1.59 bits per heavy atom. The molecular formula is C9H8F3N3O2. The van der Waals surface area contributed by atoms with Crippen LogP contribution in [0.2, 0.25) is 0 Å². The highest BCUT2D eigenvalue weighted by Gasteiger charge is 2.34. The summed E-state index contributed by atoms with van der Waals surface area (Å²) >= 11 is 0. The number of aromatic nitrogens is 2. The largest absolute Gasteiger partial charge is 0.466 e. The van der Waals surface area contributed by atoms with Crippen LogP contribution in [0.4, 0.5) is 19.0 Å². The molecule has 0 amide bonds. The first-order chi connectivity index (χ1) is 8.00. The molecule has 0 saturated heterocycles. The van der Waals surface area contributed by atoms with E-state index in [0.29, 0.717) is 0 Å². The maximum absolute atomic E-state index is 11.8. The average Bonchev–Trinajstić information content (AvgIpc) is 2.31. The first kappa shape index (κ1) is 12.8. The number of ether oxygens (including phenoxy) is 2. The van der Waals surface area contributed by atoms with E-state index in [1.165, 1.54) is 31.1 Å². The van der Waals surface area contributed by atoms with Crippen molar-refractivity contribution < 1.29 is 22.6 Å². The van der Waals surface area contributed by atoms with Gasteiger partial charge in [-0.25, -0.2) is 9.97 Å². The molecule has 1 aromatic rings. The van der Waals surface area contributed by atoms with Crippen molar-refractivity contribution in [2.24, 2.45) is 0 Å². The molecule has 92 valence electrons. The summed E-state index contributed by atoms with van der Waals surface area (Å²) in [4.78, 5) is 5.98. The number of nitrogens with zero attached hydrogens (tertiary/aromatic N) is 2. The summed E-state index contributed by atoms with van der Waals surface area (Å²) in [6, 6.07) is 1.19. The monoisotopic (exact) mass is 247 g/mol. The second-order valence-corrected chi connectivity index (χ2v) is 2.62. The van der Waals surface area contributed by atoms with Crippen molar-refractivity contribution in [2.45, 2.75) is 6.18 Å². The highest BCUT2D eigenvalue weighted by molar-refractivity contribution is 5.25. The van der Waals surface area contributed by atoms with Gasteiger partial charge in [-0.1, -0.05) is 0 Å². The molecule has 5 nitrogen and oxygen atoms in total. The summed E-state index contributed by atoms with van der Waals surface area (Å²) in [6.45, 7) is 0. The Balaban J connectivity index is 0.000000202. The number of anilines is 1. The van der Waals surface area contributed by atoms with Crippen molar-refractivity contribution in [2.75, 3.05) is 5.73 Å². The predicted octanol–water partition coefficient (Wildman–Crippen LogP) is 2.05. The molecule has 0 spiro atoms. The number of nitrogens with two attached hydrogens (primary N) is 1. The fraction of sp³-hybridized carbons (Fsp3) is 0.111. The summed E-state index contributed by atoms with van der Waals surface area (Å²) in [7, 11) is 0. The van der Waals surface area contributed by atoms with Gasteiger partial charge in [0.25, 0.3) is 0 Å². The van der Waals surface area contributed by atoms with Gasteiger partial charge in [-0.15, -0.1) is 0 Å². The molecule has 0 aromatic carbocycles. The molecule has 0 bridgehead atoms. The third-order valence-corrected chi connectivity index (χ3v) is 1.36. The number of nitrogen functional groups attached to an aromatic ring is 1. The van der Waals surface area contributed by atoms with Gasteiger partial charge in [0.05, 0.1) is 0 Å². The van der Waals surface area contributed by atoms with Gasteiger partial charge < -0.3 is 15.2 Å². The minimum atomic E-state index is -4.52. The first-order valence-electron chi connectivity index (χ1n) is 4.27. The van der Waals surface area contributed by atoms with E-state index >= 15 is 0 Å². The first-order valence-corrected chi connectivity index (χ1v) is 4.27. The average molecular weight is 247 g/mol. The van der Waals surface area contributed by atoms with Crippen molar-refractivity contribution >= 4 is 5.82 Å². The Labute approximate surface area is 94.4 Å². The molecule has 0 saturated carbocycles. The molecule has 1 aliphatic heterocycles. The lowest BCUT2D eigenvalue weighted by atomic mass is 10.5. The SMILES string of the molecule is C1=COC=CO1.Nc1ccnc(C(F)(F)F)n1. The molecule has 0 fully saturated rings. The Bertz CT molecular complexity index is 398. The van der Waals surface area contributed by atoms with E-state index in [-0.39, 0.29) is 5.82 Å². The van der Waals surface area contributed by atoms with Crippen LogP contribution in [0.3, 0.4) is 0 Å². The van der Waals surface area contributed by atoms with E-state index in [1.807, 2.05) is 0 Å². The van der Waals surface area contributed by atoms with Crippen LogP contribution in [0.5, 0.6) is 0 Å². The lowest BCUT2D eigenvalue weighted by Gasteiger charge is -2.03. The number of hydrogen-bond acceptors (Lipinski definition) is 5. The third-order valence-electron chi connectivity index (χ3n) is 1.36. The van der Waals surface area contributed by atoms with Crippen LogP contribution < -0.4 is 5.73 Å². The summed E-state index contributed by atoms with van der Waals surface area (Å²) in [6.07, 6.45) is 2.28. The quantitative estimate of drug-likeness (QED) is 0.759. The maximum atomic E-state index is 11.8. The molecule has 2 rings (SSSR count). The smallest absolute Gasteiger partial charge is 0.451 e. The summed E-state index contributed by atoms with van der Waals surface area (Å²) < 4.78 is 44.5. The number of alkyl halides is 3. The Morgan fingerprint density at radius 1 is 1.06 bits per heavy atom. The Kier molecular flexibility index (Phi) is 4.32. The lowest BCUT2D eigenvalue weighted by molar-refractivity contribution is -0.144. The van der Waals surface area contributed by atoms with Crippen molar-refractivity contribution in [1.29, 1.82) is 0 Å². The molecular weight excluding hydrogens is 239 g/mol. The van der Waals surface area contributed by atoms with Gasteiger partial charge in [-0.2, -0.15) is 13.2 Å². The fourth-order valence-electron chi connectivity index (χ4n) is 0.728. The van der Waals surface area contributed by atoms with Crippen LogP contribution >= 0.6 is 0 Å². The topological polar surface area (TPSA) is 70.3 Å². The third kappa shape index (κ3) is 4.87. The minimum absolute atomic E-state index is 0.188. The Hall–Kier alpha value is -2.25. The number of rotatable bonds is 0. The van der Waals surface area contributed by atoms with Gasteiger partial charge in [-0.05, 0) is 6.07 Å². The normalized spacial score (nSPS) is 13.1. The zero-order valence-corrected chi connectivity index (χ0v) is 8.39. The molecule has 0 radical (unpaired) electrons. The van der Waals surface area contributed by atoms with E-state index in [0.717, 1.165) is 6.20 Å². The molecule has 0 unspecified atom stereocenters. The van der Waals surface area contributed by atoms with Gasteiger partial charge >= 0.3 is 6.18 Å².